The molecule has 4 nitrogen and oxygen atoms in total. The summed E-state index contributed by atoms with van der Waals surface area (Å²) < 4.78 is 0. The molecule has 20 heavy (non-hydrogen) atoms. The first kappa shape index (κ1) is 17.4. The summed E-state index contributed by atoms with van der Waals surface area (Å²) in [6.07, 6.45) is 4.69. The van der Waals surface area contributed by atoms with Crippen molar-refractivity contribution in [3.8, 4) is 0 Å². The van der Waals surface area contributed by atoms with Gasteiger partial charge in [0.1, 0.15) is 0 Å². The Bertz CT molecular complexity index is 268. The van der Waals surface area contributed by atoms with Crippen LogP contribution in [-0.2, 0) is 4.79 Å². The highest BCUT2D eigenvalue weighted by molar-refractivity contribution is 5.75. The van der Waals surface area contributed by atoms with Gasteiger partial charge in [-0.25, -0.2) is 0 Å². The number of amides is 1. The van der Waals surface area contributed by atoms with Crippen LogP contribution in [0.1, 0.15) is 52.9 Å². The molecular weight excluding hydrogens is 252 g/mol. The van der Waals surface area contributed by atoms with Gasteiger partial charge in [0, 0.05) is 39.1 Å². The summed E-state index contributed by atoms with van der Waals surface area (Å²) in [6, 6.07) is 0. The van der Waals surface area contributed by atoms with Crippen LogP contribution in [0.4, 0.5) is 0 Å². The van der Waals surface area contributed by atoms with Gasteiger partial charge in [-0.3, -0.25) is 4.79 Å². The number of aliphatic hydroxyl groups is 1. The van der Waals surface area contributed by atoms with E-state index in [9.17, 15) is 9.90 Å². The quantitative estimate of drug-likeness (QED) is 0.863. The third kappa shape index (κ3) is 5.41. The Hall–Kier alpha value is -0.610. The Morgan fingerprint density at radius 1 is 1.05 bits per heavy atom. The van der Waals surface area contributed by atoms with Crippen LogP contribution in [0.2, 0.25) is 0 Å². The maximum atomic E-state index is 11.6. The number of hydrogen-bond donors (Lipinski definition) is 1. The zero-order valence-corrected chi connectivity index (χ0v) is 13.5. The molecule has 4 heteroatoms. The first-order valence-electron chi connectivity index (χ1n) is 8.37. The number of nitrogens with zero attached hydrogens (tertiary/aromatic N) is 2. The van der Waals surface area contributed by atoms with Crippen LogP contribution in [0.15, 0.2) is 0 Å². The molecule has 0 aromatic rings. The van der Waals surface area contributed by atoms with Gasteiger partial charge in [-0.2, -0.15) is 0 Å². The fourth-order valence-electron chi connectivity index (χ4n) is 3.06. The van der Waals surface area contributed by atoms with E-state index in [1.165, 1.54) is 0 Å². The van der Waals surface area contributed by atoms with Gasteiger partial charge < -0.3 is 14.9 Å². The molecule has 2 heterocycles. The summed E-state index contributed by atoms with van der Waals surface area (Å²) in [4.78, 5) is 16.1. The zero-order chi connectivity index (χ0) is 15.0. The van der Waals surface area contributed by atoms with Crippen LogP contribution in [-0.4, -0.2) is 59.6 Å². The largest absolute Gasteiger partial charge is 0.393 e. The number of hydrogen-bond acceptors (Lipinski definition) is 3. The predicted molar refractivity (Wildman–Crippen MR) is 82.6 cm³/mol. The fourth-order valence-corrected chi connectivity index (χ4v) is 3.06. The Kier molecular flexibility index (Phi) is 8.15. The first-order valence-corrected chi connectivity index (χ1v) is 8.37. The molecule has 0 unspecified atom stereocenters. The summed E-state index contributed by atoms with van der Waals surface area (Å²) >= 11 is 0. The summed E-state index contributed by atoms with van der Waals surface area (Å²) in [5.41, 5.74) is 0. The molecule has 0 spiro atoms. The van der Waals surface area contributed by atoms with Crippen LogP contribution < -0.4 is 0 Å². The maximum Gasteiger partial charge on any atom is 0.222 e. The highest BCUT2D eigenvalue weighted by atomic mass is 16.3. The molecule has 2 fully saturated rings. The first-order chi connectivity index (χ1) is 9.69. The second-order valence-corrected chi connectivity index (χ2v) is 5.71. The van der Waals surface area contributed by atoms with E-state index in [1.807, 2.05) is 25.7 Å². The Balaban J connectivity index is 0.000000956. The van der Waals surface area contributed by atoms with E-state index in [0.717, 1.165) is 64.3 Å². The molecule has 1 amide bonds. The van der Waals surface area contributed by atoms with Crippen LogP contribution in [0.5, 0.6) is 0 Å². The topological polar surface area (TPSA) is 43.8 Å². The van der Waals surface area contributed by atoms with E-state index in [1.54, 1.807) is 0 Å². The third-order valence-corrected chi connectivity index (χ3v) is 4.34. The van der Waals surface area contributed by atoms with Crippen molar-refractivity contribution < 1.29 is 9.90 Å². The van der Waals surface area contributed by atoms with Crippen molar-refractivity contribution >= 4 is 5.91 Å². The Labute approximate surface area is 124 Å². The maximum absolute atomic E-state index is 11.6. The minimum Gasteiger partial charge on any atom is -0.393 e. The lowest BCUT2D eigenvalue weighted by atomic mass is 9.95. The summed E-state index contributed by atoms with van der Waals surface area (Å²) in [5.74, 6) is 1.04. The summed E-state index contributed by atoms with van der Waals surface area (Å²) in [5, 5.41) is 9.48. The van der Waals surface area contributed by atoms with Gasteiger partial charge in [-0.15, -0.1) is 0 Å². The van der Waals surface area contributed by atoms with Gasteiger partial charge in [0.05, 0.1) is 6.10 Å². The van der Waals surface area contributed by atoms with Crippen LogP contribution >= 0.6 is 0 Å². The van der Waals surface area contributed by atoms with Crippen molar-refractivity contribution in [2.75, 3.05) is 32.7 Å². The SMILES string of the molecule is CC.CCC(=O)N1CCC(CN2CCC(O)CC2)CC1. The van der Waals surface area contributed by atoms with Crippen LogP contribution in [0.25, 0.3) is 0 Å². The summed E-state index contributed by atoms with van der Waals surface area (Å²) in [6.45, 7) is 11.0. The molecule has 2 rings (SSSR count). The Morgan fingerprint density at radius 2 is 1.60 bits per heavy atom. The van der Waals surface area contributed by atoms with Crippen LogP contribution in [0, 0.1) is 5.92 Å². The van der Waals surface area contributed by atoms with E-state index in [0.29, 0.717) is 12.3 Å². The van der Waals surface area contributed by atoms with Gasteiger partial charge in [0.2, 0.25) is 5.91 Å². The predicted octanol–water partition coefficient (Wildman–Crippen LogP) is 2.12. The minimum absolute atomic E-state index is 0.0785. The number of carbonyl (C=O) groups excluding carboxylic acids is 1. The van der Waals surface area contributed by atoms with E-state index < -0.39 is 0 Å². The second-order valence-electron chi connectivity index (χ2n) is 5.71. The molecule has 0 saturated carbocycles. The smallest absolute Gasteiger partial charge is 0.222 e. The number of piperidine rings is 2. The number of rotatable bonds is 3. The number of carbonyl (C=O) groups is 1. The highest BCUT2D eigenvalue weighted by Gasteiger charge is 2.25. The van der Waals surface area contributed by atoms with Crippen molar-refractivity contribution in [2.45, 2.75) is 59.0 Å². The molecule has 0 aromatic carbocycles. The second kappa shape index (κ2) is 9.35. The van der Waals surface area contributed by atoms with Gasteiger partial charge >= 0.3 is 0 Å². The number of aliphatic hydroxyl groups excluding tert-OH is 1. The Morgan fingerprint density at radius 3 is 2.10 bits per heavy atom. The lowest BCUT2D eigenvalue weighted by Crippen LogP contribution is -2.43. The van der Waals surface area contributed by atoms with Crippen LogP contribution in [0.3, 0.4) is 0 Å². The van der Waals surface area contributed by atoms with Gasteiger partial charge in [-0.1, -0.05) is 20.8 Å². The average Bonchev–Trinajstić information content (AvgIpc) is 2.51. The molecule has 0 atom stereocenters. The van der Waals surface area contributed by atoms with Crippen molar-refractivity contribution in [3.63, 3.8) is 0 Å². The van der Waals surface area contributed by atoms with E-state index in [2.05, 4.69) is 4.90 Å². The third-order valence-electron chi connectivity index (χ3n) is 4.34. The fraction of sp³-hybridized carbons (Fsp3) is 0.938. The van der Waals surface area contributed by atoms with E-state index in [4.69, 9.17) is 0 Å². The molecule has 2 aliphatic rings. The molecule has 1 N–H and O–H groups in total. The van der Waals surface area contributed by atoms with E-state index in [-0.39, 0.29) is 6.10 Å². The van der Waals surface area contributed by atoms with Gasteiger partial charge in [0.15, 0.2) is 0 Å². The molecule has 118 valence electrons. The van der Waals surface area contributed by atoms with Crippen molar-refractivity contribution in [1.82, 2.24) is 9.80 Å². The van der Waals surface area contributed by atoms with Crippen molar-refractivity contribution in [2.24, 2.45) is 5.92 Å². The normalized spacial score (nSPS) is 22.3. The lowest BCUT2D eigenvalue weighted by Gasteiger charge is -2.36. The molecule has 0 radical (unpaired) electrons. The van der Waals surface area contributed by atoms with Crippen molar-refractivity contribution in [3.05, 3.63) is 0 Å². The zero-order valence-electron chi connectivity index (χ0n) is 13.5. The standard InChI is InChI=1S/C14H26N2O2.C2H6/c1-2-14(18)16-9-3-12(4-10-16)11-15-7-5-13(17)6-8-15;1-2/h12-13,17H,2-11H2,1H3;1-2H3. The van der Waals surface area contributed by atoms with Crippen molar-refractivity contribution in [1.29, 1.82) is 0 Å². The molecule has 0 bridgehead atoms. The molecule has 2 aliphatic heterocycles. The summed E-state index contributed by atoms with van der Waals surface area (Å²) in [7, 11) is 0. The average molecular weight is 284 g/mol. The van der Waals surface area contributed by atoms with Gasteiger partial charge in [0.25, 0.3) is 0 Å². The molecule has 2 saturated heterocycles. The lowest BCUT2D eigenvalue weighted by molar-refractivity contribution is -0.132. The molecule has 0 aliphatic carbocycles. The highest BCUT2D eigenvalue weighted by Crippen LogP contribution is 2.21. The minimum atomic E-state index is -0.0785. The molecular formula is C16H32N2O2. The molecule has 0 aromatic heterocycles. The van der Waals surface area contributed by atoms with E-state index >= 15 is 0 Å². The monoisotopic (exact) mass is 284 g/mol. The number of likely N-dealkylation sites (tertiary alicyclic amines) is 2. The van der Waals surface area contributed by atoms with Gasteiger partial charge in [-0.05, 0) is 31.6 Å².